The Morgan fingerprint density at radius 2 is 2.05 bits per heavy atom. The molecule has 0 saturated heterocycles. The lowest BCUT2D eigenvalue weighted by molar-refractivity contribution is 0.241. The maximum absolute atomic E-state index is 9.43. The molecule has 1 atom stereocenters. The summed E-state index contributed by atoms with van der Waals surface area (Å²) in [5, 5.41) is 12.8. The average molecular weight is 361 g/mol. The number of benzene rings is 1. The molecule has 2 nitrogen and oxygen atoms in total. The predicted molar refractivity (Wildman–Crippen MR) is 84.9 cm³/mol. The zero-order valence-electron chi connectivity index (χ0n) is 10.3. The molecule has 5 heteroatoms. The molecule has 2 aromatic rings. The van der Waals surface area contributed by atoms with Crippen molar-refractivity contribution in [2.24, 2.45) is 0 Å². The third-order valence-electron chi connectivity index (χ3n) is 2.81. The summed E-state index contributed by atoms with van der Waals surface area (Å²) in [7, 11) is 0. The van der Waals surface area contributed by atoms with Crippen LogP contribution in [0, 0.1) is 0 Å². The molecule has 0 amide bonds. The fourth-order valence-electron chi connectivity index (χ4n) is 1.82. The van der Waals surface area contributed by atoms with Crippen LogP contribution in [0.4, 0.5) is 0 Å². The Labute approximate surface area is 130 Å². The Hall–Kier alpha value is -0.390. The van der Waals surface area contributed by atoms with Gasteiger partial charge in [-0.15, -0.1) is 11.3 Å². The van der Waals surface area contributed by atoms with Crippen LogP contribution in [0.25, 0.3) is 0 Å². The second-order valence-corrected chi connectivity index (χ2v) is 6.88. The summed E-state index contributed by atoms with van der Waals surface area (Å²) >= 11 is 10.9. The van der Waals surface area contributed by atoms with E-state index in [1.807, 2.05) is 24.3 Å². The Bertz CT molecular complexity index is 498. The van der Waals surface area contributed by atoms with E-state index in [4.69, 9.17) is 11.6 Å². The number of rotatable bonds is 6. The van der Waals surface area contributed by atoms with E-state index in [9.17, 15) is 5.11 Å². The highest BCUT2D eigenvalue weighted by molar-refractivity contribution is 9.10. The second-order valence-electron chi connectivity index (χ2n) is 4.28. The van der Waals surface area contributed by atoms with E-state index < -0.39 is 0 Å². The number of thiophene rings is 1. The number of aliphatic hydroxyl groups is 1. The Morgan fingerprint density at radius 3 is 2.63 bits per heavy atom. The molecule has 1 aromatic heterocycles. The van der Waals surface area contributed by atoms with Crippen LogP contribution >= 0.6 is 38.9 Å². The topological polar surface area (TPSA) is 32.3 Å². The largest absolute Gasteiger partial charge is 0.395 e. The Balaban J connectivity index is 1.89. The van der Waals surface area contributed by atoms with Gasteiger partial charge in [0.25, 0.3) is 0 Å². The zero-order chi connectivity index (χ0) is 13.7. The standard InChI is InChI=1S/C14H15BrClNOS/c15-13-7-12(19-14(13)16)8-17-11(9-18)6-10-4-2-1-3-5-10/h1-5,7,11,17-18H,6,8-9H2/t11-/m1/s1. The molecule has 1 aromatic carbocycles. The highest BCUT2D eigenvalue weighted by Gasteiger charge is 2.10. The van der Waals surface area contributed by atoms with E-state index in [-0.39, 0.29) is 12.6 Å². The third kappa shape index (κ3) is 4.58. The number of nitrogens with one attached hydrogen (secondary N) is 1. The van der Waals surface area contributed by atoms with Gasteiger partial charge in [-0.25, -0.2) is 0 Å². The van der Waals surface area contributed by atoms with Gasteiger partial charge < -0.3 is 10.4 Å². The molecule has 2 rings (SSSR count). The van der Waals surface area contributed by atoms with E-state index in [1.54, 1.807) is 11.3 Å². The van der Waals surface area contributed by atoms with Crippen LogP contribution in [0.5, 0.6) is 0 Å². The molecular weight excluding hydrogens is 346 g/mol. The van der Waals surface area contributed by atoms with Gasteiger partial charge in [0, 0.05) is 21.9 Å². The minimum absolute atomic E-state index is 0.0575. The van der Waals surface area contributed by atoms with Crippen molar-refractivity contribution in [3.8, 4) is 0 Å². The highest BCUT2D eigenvalue weighted by atomic mass is 79.9. The molecular formula is C14H15BrClNOS. The van der Waals surface area contributed by atoms with Gasteiger partial charge >= 0.3 is 0 Å². The SMILES string of the molecule is OC[C@@H](Cc1ccccc1)NCc1cc(Br)c(Cl)s1. The van der Waals surface area contributed by atoms with Gasteiger partial charge in [-0.2, -0.15) is 0 Å². The molecule has 0 unspecified atom stereocenters. The van der Waals surface area contributed by atoms with E-state index >= 15 is 0 Å². The normalized spacial score (nSPS) is 12.6. The van der Waals surface area contributed by atoms with Gasteiger partial charge in [-0.1, -0.05) is 41.9 Å². The van der Waals surface area contributed by atoms with Crippen molar-refractivity contribution in [1.29, 1.82) is 0 Å². The maximum atomic E-state index is 9.43. The summed E-state index contributed by atoms with van der Waals surface area (Å²) < 4.78 is 1.69. The van der Waals surface area contributed by atoms with Crippen molar-refractivity contribution < 1.29 is 5.11 Å². The molecule has 2 N–H and O–H groups in total. The lowest BCUT2D eigenvalue weighted by Crippen LogP contribution is -2.33. The van der Waals surface area contributed by atoms with Crippen molar-refractivity contribution in [1.82, 2.24) is 5.32 Å². The Morgan fingerprint density at radius 1 is 1.32 bits per heavy atom. The first-order valence-corrected chi connectivity index (χ1v) is 7.99. The first-order chi connectivity index (χ1) is 9.19. The predicted octanol–water partition coefficient (Wildman–Crippen LogP) is 3.86. The van der Waals surface area contributed by atoms with Crippen LogP contribution in [0.1, 0.15) is 10.4 Å². The smallest absolute Gasteiger partial charge is 0.107 e. The fraction of sp³-hybridized carbons (Fsp3) is 0.286. The van der Waals surface area contributed by atoms with E-state index in [1.165, 1.54) is 5.56 Å². The second kappa shape index (κ2) is 7.41. The third-order valence-corrected chi connectivity index (χ3v) is 5.28. The van der Waals surface area contributed by atoms with Gasteiger partial charge in [0.2, 0.25) is 0 Å². The lowest BCUT2D eigenvalue weighted by Gasteiger charge is -2.15. The summed E-state index contributed by atoms with van der Waals surface area (Å²) in [6, 6.07) is 12.2. The molecule has 0 aliphatic heterocycles. The van der Waals surface area contributed by atoms with E-state index in [0.717, 1.165) is 20.1 Å². The van der Waals surface area contributed by atoms with E-state index in [2.05, 4.69) is 33.4 Å². The number of halogens is 2. The molecule has 0 spiro atoms. The van der Waals surface area contributed by atoms with Crippen LogP contribution in [0.2, 0.25) is 4.34 Å². The van der Waals surface area contributed by atoms with E-state index in [0.29, 0.717) is 6.54 Å². The Kier molecular flexibility index (Phi) is 5.85. The monoisotopic (exact) mass is 359 g/mol. The molecule has 1 heterocycles. The molecule has 0 bridgehead atoms. The molecule has 0 aliphatic rings. The fourth-order valence-corrected chi connectivity index (χ4v) is 3.56. The number of hydrogen-bond donors (Lipinski definition) is 2. The molecule has 19 heavy (non-hydrogen) atoms. The van der Waals surface area contributed by atoms with Crippen molar-refractivity contribution in [3.05, 3.63) is 55.6 Å². The maximum Gasteiger partial charge on any atom is 0.107 e. The summed E-state index contributed by atoms with van der Waals surface area (Å²) in [5.74, 6) is 0. The molecule has 0 saturated carbocycles. The van der Waals surface area contributed by atoms with Crippen LogP contribution in [0.3, 0.4) is 0 Å². The van der Waals surface area contributed by atoms with Crippen molar-refractivity contribution in [3.63, 3.8) is 0 Å². The molecule has 0 radical (unpaired) electrons. The summed E-state index contributed by atoms with van der Waals surface area (Å²) in [4.78, 5) is 1.16. The van der Waals surface area contributed by atoms with Gasteiger partial charge in [0.05, 0.1) is 6.61 Å². The first-order valence-electron chi connectivity index (χ1n) is 6.01. The minimum atomic E-state index is 0.0575. The van der Waals surface area contributed by atoms with Gasteiger partial charge in [-0.05, 0) is 34.0 Å². The molecule has 0 fully saturated rings. The number of aliphatic hydroxyl groups excluding tert-OH is 1. The van der Waals surface area contributed by atoms with Gasteiger partial charge in [0.1, 0.15) is 4.34 Å². The van der Waals surface area contributed by atoms with Crippen molar-refractivity contribution in [2.45, 2.75) is 19.0 Å². The minimum Gasteiger partial charge on any atom is -0.395 e. The zero-order valence-corrected chi connectivity index (χ0v) is 13.4. The highest BCUT2D eigenvalue weighted by Crippen LogP contribution is 2.31. The average Bonchev–Trinajstić information content (AvgIpc) is 2.75. The van der Waals surface area contributed by atoms with Crippen LogP contribution < -0.4 is 5.32 Å². The summed E-state index contributed by atoms with van der Waals surface area (Å²) in [6.45, 7) is 0.837. The van der Waals surface area contributed by atoms with Crippen molar-refractivity contribution >= 4 is 38.9 Å². The van der Waals surface area contributed by atoms with Crippen LogP contribution in [-0.2, 0) is 13.0 Å². The van der Waals surface area contributed by atoms with Crippen LogP contribution in [-0.4, -0.2) is 17.8 Å². The van der Waals surface area contributed by atoms with Gasteiger partial charge in [0.15, 0.2) is 0 Å². The molecule has 0 aliphatic carbocycles. The first kappa shape index (κ1) is 15.0. The lowest BCUT2D eigenvalue weighted by atomic mass is 10.1. The quantitative estimate of drug-likeness (QED) is 0.820. The van der Waals surface area contributed by atoms with Gasteiger partial charge in [-0.3, -0.25) is 0 Å². The van der Waals surface area contributed by atoms with Crippen LogP contribution in [0.15, 0.2) is 40.9 Å². The summed E-state index contributed by atoms with van der Waals surface area (Å²) in [6.07, 6.45) is 0.817. The molecule has 102 valence electrons. The van der Waals surface area contributed by atoms with Crippen molar-refractivity contribution in [2.75, 3.05) is 6.61 Å². The number of hydrogen-bond acceptors (Lipinski definition) is 3. The summed E-state index contributed by atoms with van der Waals surface area (Å²) in [5.41, 5.74) is 1.22.